The van der Waals surface area contributed by atoms with Gasteiger partial charge in [-0.3, -0.25) is 4.98 Å². The standard InChI is InChI=1S/C16H8F6N2/c17-11-6-9(7-12(18)15(11)19)24-14-3-4-23-13-2-1-8(5-10(13)14)16(20,21)22/h1-7H,(H,23,24). The van der Waals surface area contributed by atoms with Crippen LogP contribution in [0.3, 0.4) is 0 Å². The smallest absolute Gasteiger partial charge is 0.355 e. The third kappa shape index (κ3) is 2.99. The lowest BCUT2D eigenvalue weighted by Crippen LogP contribution is -2.05. The van der Waals surface area contributed by atoms with Crippen LogP contribution in [-0.4, -0.2) is 4.98 Å². The zero-order chi connectivity index (χ0) is 17.5. The second kappa shape index (κ2) is 5.70. The van der Waals surface area contributed by atoms with Crippen LogP contribution in [0.5, 0.6) is 0 Å². The second-order valence-electron chi connectivity index (χ2n) is 4.97. The van der Waals surface area contributed by atoms with Crippen molar-refractivity contribution in [3.63, 3.8) is 0 Å². The Kier molecular flexibility index (Phi) is 3.82. The van der Waals surface area contributed by atoms with Crippen molar-refractivity contribution in [2.45, 2.75) is 6.18 Å². The van der Waals surface area contributed by atoms with Gasteiger partial charge < -0.3 is 5.32 Å². The summed E-state index contributed by atoms with van der Waals surface area (Å²) >= 11 is 0. The monoisotopic (exact) mass is 342 g/mol. The van der Waals surface area contributed by atoms with Gasteiger partial charge in [-0.25, -0.2) is 13.2 Å². The highest BCUT2D eigenvalue weighted by atomic mass is 19.4. The average molecular weight is 342 g/mol. The molecule has 0 saturated heterocycles. The maximum atomic E-state index is 13.3. The summed E-state index contributed by atoms with van der Waals surface area (Å²) in [5.74, 6) is -4.45. The van der Waals surface area contributed by atoms with Crippen LogP contribution in [-0.2, 0) is 6.18 Å². The van der Waals surface area contributed by atoms with E-state index in [-0.39, 0.29) is 22.3 Å². The predicted molar refractivity (Wildman–Crippen MR) is 76.3 cm³/mol. The van der Waals surface area contributed by atoms with Gasteiger partial charge in [-0.1, -0.05) is 0 Å². The van der Waals surface area contributed by atoms with E-state index in [1.54, 1.807) is 0 Å². The molecule has 0 bridgehead atoms. The van der Waals surface area contributed by atoms with Crippen molar-refractivity contribution >= 4 is 22.3 Å². The quantitative estimate of drug-likeness (QED) is 0.497. The molecule has 0 aliphatic heterocycles. The predicted octanol–water partition coefficient (Wildman–Crippen LogP) is 5.41. The summed E-state index contributed by atoms with van der Waals surface area (Å²) in [6.45, 7) is 0. The zero-order valence-electron chi connectivity index (χ0n) is 11.8. The van der Waals surface area contributed by atoms with Gasteiger partial charge in [0.1, 0.15) is 0 Å². The Morgan fingerprint density at radius 3 is 2.17 bits per heavy atom. The number of halogens is 6. The van der Waals surface area contributed by atoms with Crippen molar-refractivity contribution in [3.8, 4) is 0 Å². The van der Waals surface area contributed by atoms with Crippen LogP contribution < -0.4 is 5.32 Å². The van der Waals surface area contributed by atoms with Gasteiger partial charge in [-0.05, 0) is 24.3 Å². The number of hydrogen-bond donors (Lipinski definition) is 1. The molecular weight excluding hydrogens is 334 g/mol. The minimum absolute atomic E-state index is 0.109. The van der Waals surface area contributed by atoms with Gasteiger partial charge in [-0.2, -0.15) is 13.2 Å². The van der Waals surface area contributed by atoms with Crippen molar-refractivity contribution < 1.29 is 26.3 Å². The maximum absolute atomic E-state index is 13.3. The molecule has 3 rings (SSSR count). The van der Waals surface area contributed by atoms with Crippen molar-refractivity contribution in [1.82, 2.24) is 4.98 Å². The summed E-state index contributed by atoms with van der Waals surface area (Å²) < 4.78 is 78.0. The fraction of sp³-hybridized carbons (Fsp3) is 0.0625. The molecule has 124 valence electrons. The van der Waals surface area contributed by atoms with Crippen LogP contribution in [0.1, 0.15) is 5.56 Å². The van der Waals surface area contributed by atoms with Crippen LogP contribution in [0.25, 0.3) is 10.9 Å². The van der Waals surface area contributed by atoms with E-state index in [1.165, 1.54) is 18.3 Å². The van der Waals surface area contributed by atoms with Crippen molar-refractivity contribution in [2.24, 2.45) is 0 Å². The van der Waals surface area contributed by atoms with Crippen LogP contribution in [0.2, 0.25) is 0 Å². The Morgan fingerprint density at radius 2 is 1.54 bits per heavy atom. The molecule has 8 heteroatoms. The van der Waals surface area contributed by atoms with E-state index in [1.807, 2.05) is 0 Å². The molecule has 0 radical (unpaired) electrons. The van der Waals surface area contributed by atoms with E-state index in [9.17, 15) is 26.3 Å². The number of nitrogens with zero attached hydrogens (tertiary/aromatic N) is 1. The molecule has 1 heterocycles. The minimum atomic E-state index is -4.55. The molecule has 0 fully saturated rings. The van der Waals surface area contributed by atoms with Crippen LogP contribution >= 0.6 is 0 Å². The van der Waals surface area contributed by atoms with Gasteiger partial charge in [0, 0.05) is 35.1 Å². The van der Waals surface area contributed by atoms with E-state index in [2.05, 4.69) is 10.3 Å². The van der Waals surface area contributed by atoms with Crippen molar-refractivity contribution in [3.05, 3.63) is 65.6 Å². The number of nitrogens with one attached hydrogen (secondary N) is 1. The Hall–Kier alpha value is -2.77. The number of benzene rings is 2. The largest absolute Gasteiger partial charge is 0.416 e. The lowest BCUT2D eigenvalue weighted by molar-refractivity contribution is -0.137. The van der Waals surface area contributed by atoms with Gasteiger partial charge in [0.2, 0.25) is 0 Å². The lowest BCUT2D eigenvalue weighted by atomic mass is 10.1. The molecular formula is C16H8F6N2. The van der Waals surface area contributed by atoms with Gasteiger partial charge in [0.05, 0.1) is 11.1 Å². The molecule has 1 aromatic heterocycles. The van der Waals surface area contributed by atoms with Crippen molar-refractivity contribution in [1.29, 1.82) is 0 Å². The van der Waals surface area contributed by atoms with Crippen LogP contribution in [0.4, 0.5) is 37.7 Å². The summed E-state index contributed by atoms with van der Waals surface area (Å²) in [5.41, 5.74) is -0.619. The fourth-order valence-electron chi connectivity index (χ4n) is 2.21. The number of aromatic nitrogens is 1. The second-order valence-corrected chi connectivity index (χ2v) is 4.97. The summed E-state index contributed by atoms with van der Waals surface area (Å²) in [5, 5.41) is 2.69. The topological polar surface area (TPSA) is 24.9 Å². The molecule has 0 atom stereocenters. The maximum Gasteiger partial charge on any atom is 0.416 e. The molecule has 2 aromatic carbocycles. The molecule has 0 saturated carbocycles. The molecule has 0 spiro atoms. The van der Waals surface area contributed by atoms with Gasteiger partial charge in [0.25, 0.3) is 0 Å². The highest BCUT2D eigenvalue weighted by molar-refractivity contribution is 5.93. The molecule has 0 unspecified atom stereocenters. The Bertz CT molecular complexity index is 897. The molecule has 0 amide bonds. The van der Waals surface area contributed by atoms with Gasteiger partial charge in [0.15, 0.2) is 17.5 Å². The Labute approximate surface area is 131 Å². The van der Waals surface area contributed by atoms with Crippen molar-refractivity contribution in [2.75, 3.05) is 5.32 Å². The summed E-state index contributed by atoms with van der Waals surface area (Å²) in [6.07, 6.45) is -3.22. The first-order valence-electron chi connectivity index (χ1n) is 6.63. The third-order valence-corrected chi connectivity index (χ3v) is 3.33. The molecule has 24 heavy (non-hydrogen) atoms. The fourth-order valence-corrected chi connectivity index (χ4v) is 2.21. The summed E-state index contributed by atoms with van der Waals surface area (Å²) in [7, 11) is 0. The van der Waals surface area contributed by atoms with E-state index >= 15 is 0 Å². The summed E-state index contributed by atoms with van der Waals surface area (Å²) in [4.78, 5) is 3.94. The van der Waals surface area contributed by atoms with Gasteiger partial charge in [-0.15, -0.1) is 0 Å². The average Bonchev–Trinajstić information content (AvgIpc) is 2.51. The Balaban J connectivity index is 2.09. The minimum Gasteiger partial charge on any atom is -0.355 e. The highest BCUT2D eigenvalue weighted by Gasteiger charge is 2.30. The number of anilines is 2. The number of hydrogen-bond acceptors (Lipinski definition) is 2. The van der Waals surface area contributed by atoms with E-state index in [0.717, 1.165) is 12.1 Å². The Morgan fingerprint density at radius 1 is 0.875 bits per heavy atom. The third-order valence-electron chi connectivity index (χ3n) is 3.33. The molecule has 0 aliphatic carbocycles. The van der Waals surface area contributed by atoms with Crippen LogP contribution in [0.15, 0.2) is 42.6 Å². The first kappa shape index (κ1) is 16.1. The number of alkyl halides is 3. The molecule has 3 aromatic rings. The van der Waals surface area contributed by atoms with Gasteiger partial charge >= 0.3 is 6.18 Å². The SMILES string of the molecule is Fc1cc(Nc2ccnc3ccc(C(F)(F)F)cc23)cc(F)c1F. The summed E-state index contributed by atoms with van der Waals surface area (Å²) in [6, 6.07) is 5.71. The van der Waals surface area contributed by atoms with Crippen LogP contribution in [0, 0.1) is 17.5 Å². The van der Waals surface area contributed by atoms with E-state index in [4.69, 9.17) is 0 Å². The van der Waals surface area contributed by atoms with E-state index in [0.29, 0.717) is 12.1 Å². The van der Waals surface area contributed by atoms with E-state index < -0.39 is 29.2 Å². The number of rotatable bonds is 2. The molecule has 1 N–H and O–H groups in total. The first-order valence-corrected chi connectivity index (χ1v) is 6.63. The molecule has 0 aliphatic rings. The molecule has 2 nitrogen and oxygen atoms in total. The first-order chi connectivity index (χ1) is 11.3. The number of fused-ring (bicyclic) bond motifs is 1. The number of pyridine rings is 1. The lowest BCUT2D eigenvalue weighted by Gasteiger charge is -2.12. The normalized spacial score (nSPS) is 11.8. The highest BCUT2D eigenvalue weighted by Crippen LogP contribution is 2.34. The zero-order valence-corrected chi connectivity index (χ0v) is 11.8.